The van der Waals surface area contributed by atoms with Gasteiger partial charge in [-0.25, -0.2) is 4.98 Å². The van der Waals surface area contributed by atoms with Gasteiger partial charge in [-0.1, -0.05) is 32.5 Å². The van der Waals surface area contributed by atoms with Crippen molar-refractivity contribution in [2.75, 3.05) is 11.1 Å². The third-order valence-electron chi connectivity index (χ3n) is 2.35. The highest BCUT2D eigenvalue weighted by molar-refractivity contribution is 7.99. The van der Waals surface area contributed by atoms with Crippen LogP contribution in [-0.2, 0) is 10.2 Å². The number of carbonyl (C=O) groups excluding carboxylic acids is 1. The van der Waals surface area contributed by atoms with Gasteiger partial charge in [0, 0.05) is 17.7 Å². The molecule has 2 heterocycles. The number of nitrogens with zero attached hydrogens (tertiary/aromatic N) is 3. The molecule has 0 atom stereocenters. The highest BCUT2D eigenvalue weighted by Gasteiger charge is 2.18. The summed E-state index contributed by atoms with van der Waals surface area (Å²) < 4.78 is 5.18. The van der Waals surface area contributed by atoms with Crippen LogP contribution in [0.1, 0.15) is 32.4 Å². The Morgan fingerprint density at radius 3 is 2.75 bits per heavy atom. The molecule has 2 aromatic heterocycles. The Hall–Kier alpha value is -1.41. The van der Waals surface area contributed by atoms with Gasteiger partial charge in [0.1, 0.15) is 0 Å². The van der Waals surface area contributed by atoms with Crippen LogP contribution >= 0.6 is 23.1 Å². The summed E-state index contributed by atoms with van der Waals surface area (Å²) in [5.74, 6) is 0.565. The van der Waals surface area contributed by atoms with Gasteiger partial charge in [-0.05, 0) is 0 Å². The van der Waals surface area contributed by atoms with Crippen LogP contribution in [0, 0.1) is 6.92 Å². The molecule has 0 saturated heterocycles. The van der Waals surface area contributed by atoms with Crippen LogP contribution in [0.3, 0.4) is 0 Å². The monoisotopic (exact) mass is 312 g/mol. The number of aromatic nitrogens is 3. The number of thioether (sulfide) groups is 1. The molecule has 0 aromatic carbocycles. The first-order chi connectivity index (χ1) is 9.34. The first kappa shape index (κ1) is 15.0. The molecule has 0 aliphatic heterocycles. The molecule has 0 fully saturated rings. The van der Waals surface area contributed by atoms with Gasteiger partial charge in [-0.15, -0.1) is 21.5 Å². The normalized spacial score (nSPS) is 11.6. The van der Waals surface area contributed by atoms with Crippen molar-refractivity contribution in [3.8, 4) is 0 Å². The van der Waals surface area contributed by atoms with Crippen molar-refractivity contribution in [2.24, 2.45) is 0 Å². The van der Waals surface area contributed by atoms with Crippen LogP contribution in [0.5, 0.6) is 0 Å². The Bertz CT molecular complexity index is 601. The standard InChI is InChI=1S/C12H16N4O2S2/c1-7-15-16-11(18-7)20-6-9(17)14-10-13-8(5-19-10)12(2,3)4/h5H,6H2,1-4H3,(H,13,14,17). The maximum Gasteiger partial charge on any atom is 0.277 e. The highest BCUT2D eigenvalue weighted by atomic mass is 32.2. The molecule has 0 aliphatic carbocycles. The summed E-state index contributed by atoms with van der Waals surface area (Å²) in [4.78, 5) is 16.2. The molecule has 2 aromatic rings. The van der Waals surface area contributed by atoms with E-state index in [0.717, 1.165) is 5.69 Å². The maximum absolute atomic E-state index is 11.8. The number of hydrogen-bond donors (Lipinski definition) is 1. The third-order valence-corrected chi connectivity index (χ3v) is 3.93. The van der Waals surface area contributed by atoms with E-state index in [1.807, 2.05) is 5.38 Å². The maximum atomic E-state index is 11.8. The molecule has 8 heteroatoms. The summed E-state index contributed by atoms with van der Waals surface area (Å²) in [6.07, 6.45) is 0. The molecule has 0 bridgehead atoms. The second-order valence-electron chi connectivity index (χ2n) is 5.21. The molecule has 1 N–H and O–H groups in total. The largest absolute Gasteiger partial charge is 0.416 e. The van der Waals surface area contributed by atoms with E-state index >= 15 is 0 Å². The minimum absolute atomic E-state index is 0.0183. The Labute approximate surface area is 125 Å². The summed E-state index contributed by atoms with van der Waals surface area (Å²) in [6.45, 7) is 7.96. The molecular weight excluding hydrogens is 296 g/mol. The number of nitrogens with one attached hydrogen (secondary N) is 1. The van der Waals surface area contributed by atoms with E-state index in [0.29, 0.717) is 16.2 Å². The fourth-order valence-electron chi connectivity index (χ4n) is 1.30. The zero-order chi connectivity index (χ0) is 14.8. The average Bonchev–Trinajstić information content (AvgIpc) is 2.95. The van der Waals surface area contributed by atoms with Crippen molar-refractivity contribution in [1.82, 2.24) is 15.2 Å². The molecular formula is C12H16N4O2S2. The lowest BCUT2D eigenvalue weighted by Crippen LogP contribution is -2.15. The molecule has 0 radical (unpaired) electrons. The second kappa shape index (κ2) is 5.92. The molecule has 2 rings (SSSR count). The lowest BCUT2D eigenvalue weighted by Gasteiger charge is -2.14. The van der Waals surface area contributed by atoms with Crippen molar-refractivity contribution in [3.63, 3.8) is 0 Å². The summed E-state index contributed by atoms with van der Waals surface area (Å²) in [6, 6.07) is 0. The zero-order valence-electron chi connectivity index (χ0n) is 11.8. The Morgan fingerprint density at radius 2 is 2.20 bits per heavy atom. The first-order valence-electron chi connectivity index (χ1n) is 6.03. The quantitative estimate of drug-likeness (QED) is 0.874. The molecule has 0 unspecified atom stereocenters. The Morgan fingerprint density at radius 1 is 1.45 bits per heavy atom. The predicted molar refractivity (Wildman–Crippen MR) is 79.2 cm³/mol. The van der Waals surface area contributed by atoms with Gasteiger partial charge >= 0.3 is 0 Å². The van der Waals surface area contributed by atoms with Crippen LogP contribution in [0.4, 0.5) is 5.13 Å². The van der Waals surface area contributed by atoms with Gasteiger partial charge in [0.15, 0.2) is 5.13 Å². The number of anilines is 1. The predicted octanol–water partition coefficient (Wildman–Crippen LogP) is 2.86. The molecule has 108 valence electrons. The number of carbonyl (C=O) groups is 1. The van der Waals surface area contributed by atoms with E-state index in [9.17, 15) is 4.79 Å². The smallest absolute Gasteiger partial charge is 0.277 e. The second-order valence-corrected chi connectivity index (χ2v) is 7.00. The fraction of sp³-hybridized carbons (Fsp3) is 0.500. The Kier molecular flexibility index (Phi) is 4.44. The molecule has 0 saturated carbocycles. The van der Waals surface area contributed by atoms with E-state index in [4.69, 9.17) is 4.42 Å². The molecule has 0 spiro atoms. The van der Waals surface area contributed by atoms with Crippen LogP contribution in [0.15, 0.2) is 15.0 Å². The van der Waals surface area contributed by atoms with E-state index in [-0.39, 0.29) is 17.1 Å². The minimum atomic E-state index is -0.138. The molecule has 6 nitrogen and oxygen atoms in total. The number of rotatable bonds is 4. The van der Waals surface area contributed by atoms with E-state index < -0.39 is 0 Å². The SMILES string of the molecule is Cc1nnc(SCC(=O)Nc2nc(C(C)(C)C)cs2)o1. The van der Waals surface area contributed by atoms with Crippen molar-refractivity contribution < 1.29 is 9.21 Å². The average molecular weight is 312 g/mol. The minimum Gasteiger partial charge on any atom is -0.416 e. The summed E-state index contributed by atoms with van der Waals surface area (Å²) in [5.41, 5.74) is 0.952. The van der Waals surface area contributed by atoms with Crippen molar-refractivity contribution in [3.05, 3.63) is 17.0 Å². The fourth-order valence-corrected chi connectivity index (χ4v) is 2.85. The Balaban J connectivity index is 1.87. The van der Waals surface area contributed by atoms with Gasteiger partial charge in [0.2, 0.25) is 11.8 Å². The van der Waals surface area contributed by atoms with Crippen molar-refractivity contribution >= 4 is 34.1 Å². The summed E-state index contributed by atoms with van der Waals surface area (Å²) in [7, 11) is 0. The van der Waals surface area contributed by atoms with Gasteiger partial charge < -0.3 is 9.73 Å². The zero-order valence-corrected chi connectivity index (χ0v) is 13.4. The molecule has 1 amide bonds. The number of aryl methyl sites for hydroxylation is 1. The third kappa shape index (κ3) is 4.04. The van der Waals surface area contributed by atoms with Crippen LogP contribution in [0.25, 0.3) is 0 Å². The lowest BCUT2D eigenvalue weighted by molar-refractivity contribution is -0.113. The number of thiazole rings is 1. The first-order valence-corrected chi connectivity index (χ1v) is 7.90. The lowest BCUT2D eigenvalue weighted by atomic mass is 9.93. The van der Waals surface area contributed by atoms with Gasteiger partial charge in [-0.2, -0.15) is 0 Å². The highest BCUT2D eigenvalue weighted by Crippen LogP contribution is 2.26. The summed E-state index contributed by atoms with van der Waals surface area (Å²) in [5, 5.41) is 13.3. The van der Waals surface area contributed by atoms with Crippen LogP contribution < -0.4 is 5.32 Å². The molecule has 20 heavy (non-hydrogen) atoms. The topological polar surface area (TPSA) is 80.9 Å². The van der Waals surface area contributed by atoms with Crippen LogP contribution in [0.2, 0.25) is 0 Å². The van der Waals surface area contributed by atoms with Gasteiger partial charge in [0.25, 0.3) is 5.22 Å². The van der Waals surface area contributed by atoms with E-state index in [2.05, 4.69) is 41.3 Å². The van der Waals surface area contributed by atoms with E-state index in [1.54, 1.807) is 6.92 Å². The molecule has 0 aliphatic rings. The van der Waals surface area contributed by atoms with E-state index in [1.165, 1.54) is 23.1 Å². The van der Waals surface area contributed by atoms with Crippen LogP contribution in [-0.4, -0.2) is 26.8 Å². The van der Waals surface area contributed by atoms with Gasteiger partial charge in [0.05, 0.1) is 11.4 Å². The van der Waals surface area contributed by atoms with Crippen molar-refractivity contribution in [2.45, 2.75) is 38.3 Å². The number of amides is 1. The van der Waals surface area contributed by atoms with Gasteiger partial charge in [-0.3, -0.25) is 4.79 Å². The van der Waals surface area contributed by atoms with Crippen molar-refractivity contribution in [1.29, 1.82) is 0 Å². The number of hydrogen-bond acceptors (Lipinski definition) is 7. The summed E-state index contributed by atoms with van der Waals surface area (Å²) >= 11 is 2.63.